The van der Waals surface area contributed by atoms with Crippen LogP contribution in [0.2, 0.25) is 0 Å². The molecule has 1 aliphatic heterocycles. The molecule has 1 fully saturated rings. The third-order valence-corrected chi connectivity index (χ3v) is 2.20. The summed E-state index contributed by atoms with van der Waals surface area (Å²) in [6.45, 7) is 1.29. The van der Waals surface area contributed by atoms with Crippen LogP contribution < -0.4 is 11.1 Å². The van der Waals surface area contributed by atoms with Gasteiger partial charge >= 0.3 is 0 Å². The summed E-state index contributed by atoms with van der Waals surface area (Å²) in [5.41, 5.74) is 5.16. The lowest BCUT2D eigenvalue weighted by atomic mass is 10.2. The van der Waals surface area contributed by atoms with E-state index in [9.17, 15) is 14.4 Å². The van der Waals surface area contributed by atoms with E-state index >= 15 is 0 Å². The molecule has 0 saturated carbocycles. The van der Waals surface area contributed by atoms with Gasteiger partial charge in [0.15, 0.2) is 0 Å². The van der Waals surface area contributed by atoms with Crippen LogP contribution in [-0.4, -0.2) is 46.3 Å². The zero-order valence-corrected chi connectivity index (χ0v) is 8.64. The summed E-state index contributed by atoms with van der Waals surface area (Å²) in [5, 5.41) is 13.0. The van der Waals surface area contributed by atoms with Gasteiger partial charge in [-0.05, 0) is 6.92 Å². The number of oxime groups is 1. The summed E-state index contributed by atoms with van der Waals surface area (Å²) in [4.78, 5) is 35.0. The van der Waals surface area contributed by atoms with Crippen molar-refractivity contribution >= 4 is 23.6 Å². The topological polar surface area (TPSA) is 125 Å². The molecule has 4 N–H and O–H groups in total. The van der Waals surface area contributed by atoms with Crippen molar-refractivity contribution in [3.8, 4) is 0 Å². The Labute approximate surface area is 91.1 Å². The van der Waals surface area contributed by atoms with Crippen molar-refractivity contribution in [1.82, 2.24) is 10.2 Å². The normalized spacial score (nSPS) is 21.9. The average Bonchev–Trinajstić information content (AvgIpc) is 2.22. The van der Waals surface area contributed by atoms with Crippen molar-refractivity contribution < 1.29 is 19.6 Å². The molecule has 0 radical (unpaired) electrons. The summed E-state index contributed by atoms with van der Waals surface area (Å²) in [6, 6.07) is -0.739. The Morgan fingerprint density at radius 1 is 1.69 bits per heavy atom. The van der Waals surface area contributed by atoms with E-state index in [1.165, 1.54) is 6.92 Å². The van der Waals surface area contributed by atoms with Gasteiger partial charge in [0.2, 0.25) is 17.7 Å². The van der Waals surface area contributed by atoms with Crippen molar-refractivity contribution in [2.75, 3.05) is 6.54 Å². The Bertz CT molecular complexity index is 365. The summed E-state index contributed by atoms with van der Waals surface area (Å²) in [6.07, 6.45) is -0.332. The highest BCUT2D eigenvalue weighted by atomic mass is 16.4. The molecular weight excluding hydrogens is 216 g/mol. The molecule has 1 aliphatic rings. The van der Waals surface area contributed by atoms with E-state index in [0.29, 0.717) is 0 Å². The van der Waals surface area contributed by atoms with Gasteiger partial charge in [-0.3, -0.25) is 19.7 Å². The second-order valence-electron chi connectivity index (χ2n) is 3.38. The first-order valence-electron chi connectivity index (χ1n) is 4.55. The summed E-state index contributed by atoms with van der Waals surface area (Å²) >= 11 is 0. The van der Waals surface area contributed by atoms with Gasteiger partial charge in [-0.1, -0.05) is 5.16 Å². The molecule has 1 saturated heterocycles. The number of rotatable bonds is 2. The Morgan fingerprint density at radius 2 is 2.31 bits per heavy atom. The van der Waals surface area contributed by atoms with Gasteiger partial charge in [0.25, 0.3) is 0 Å². The maximum Gasteiger partial charge on any atom is 0.249 e. The molecule has 88 valence electrons. The van der Waals surface area contributed by atoms with E-state index in [1.807, 2.05) is 0 Å². The van der Waals surface area contributed by atoms with E-state index in [1.54, 1.807) is 0 Å². The Kier molecular flexibility index (Phi) is 3.44. The van der Waals surface area contributed by atoms with Crippen molar-refractivity contribution in [1.29, 1.82) is 0 Å². The monoisotopic (exact) mass is 228 g/mol. The molecule has 1 atom stereocenters. The molecule has 1 rings (SSSR count). The van der Waals surface area contributed by atoms with Crippen LogP contribution in [0.1, 0.15) is 13.3 Å². The molecule has 8 nitrogen and oxygen atoms in total. The fraction of sp³-hybridized carbons (Fsp3) is 0.500. The number of hydrogen-bond donors (Lipinski definition) is 3. The van der Waals surface area contributed by atoms with E-state index in [4.69, 9.17) is 10.9 Å². The number of amides is 3. The number of piperazine rings is 1. The first-order chi connectivity index (χ1) is 7.45. The molecule has 0 aliphatic carbocycles. The van der Waals surface area contributed by atoms with Crippen molar-refractivity contribution in [3.63, 3.8) is 0 Å². The van der Waals surface area contributed by atoms with Gasteiger partial charge in [0, 0.05) is 0 Å². The molecule has 16 heavy (non-hydrogen) atoms. The van der Waals surface area contributed by atoms with Crippen LogP contribution in [-0.2, 0) is 14.4 Å². The quantitative estimate of drug-likeness (QED) is 0.166. The van der Waals surface area contributed by atoms with Crippen LogP contribution in [0.3, 0.4) is 0 Å². The van der Waals surface area contributed by atoms with Gasteiger partial charge in [-0.25, -0.2) is 0 Å². The highest BCUT2D eigenvalue weighted by Crippen LogP contribution is 2.06. The Morgan fingerprint density at radius 3 is 2.88 bits per heavy atom. The highest BCUT2D eigenvalue weighted by Gasteiger charge is 2.33. The predicted molar refractivity (Wildman–Crippen MR) is 52.4 cm³/mol. The van der Waals surface area contributed by atoms with Crippen molar-refractivity contribution in [2.24, 2.45) is 10.9 Å². The van der Waals surface area contributed by atoms with Crippen LogP contribution in [0.5, 0.6) is 0 Å². The average molecular weight is 228 g/mol. The number of hydrogen-bond acceptors (Lipinski definition) is 5. The molecule has 3 amide bonds. The Balaban J connectivity index is 2.74. The van der Waals surface area contributed by atoms with Crippen LogP contribution >= 0.6 is 0 Å². The van der Waals surface area contributed by atoms with Gasteiger partial charge in [0.1, 0.15) is 18.4 Å². The number of imide groups is 1. The fourth-order valence-electron chi connectivity index (χ4n) is 1.31. The standard InChI is InChI=1S/C8H12N4O4/c1-4-8(15)10-6(13)3-12(4)7(14)2-5(9)11-16/h4,16H,2-3H2,1H3,(H2,9,11)(H,10,13,15). The zero-order chi connectivity index (χ0) is 12.3. The zero-order valence-electron chi connectivity index (χ0n) is 8.64. The van der Waals surface area contributed by atoms with Crippen molar-refractivity contribution in [2.45, 2.75) is 19.4 Å². The van der Waals surface area contributed by atoms with Crippen molar-refractivity contribution in [3.05, 3.63) is 0 Å². The van der Waals surface area contributed by atoms with E-state index in [0.717, 1.165) is 4.90 Å². The lowest BCUT2D eigenvalue weighted by molar-refractivity contribution is -0.148. The lowest BCUT2D eigenvalue weighted by Gasteiger charge is -2.31. The largest absolute Gasteiger partial charge is 0.409 e. The summed E-state index contributed by atoms with van der Waals surface area (Å²) < 4.78 is 0. The third-order valence-electron chi connectivity index (χ3n) is 2.20. The number of nitrogens with zero attached hydrogens (tertiary/aromatic N) is 2. The number of nitrogens with two attached hydrogens (primary N) is 1. The maximum absolute atomic E-state index is 11.6. The molecule has 1 unspecified atom stereocenters. The van der Waals surface area contributed by atoms with Crippen LogP contribution in [0, 0.1) is 0 Å². The molecule has 0 bridgehead atoms. The van der Waals surface area contributed by atoms with Gasteiger partial charge in [-0.15, -0.1) is 0 Å². The van der Waals surface area contributed by atoms with Crippen LogP contribution in [0.25, 0.3) is 0 Å². The van der Waals surface area contributed by atoms with E-state index in [2.05, 4.69) is 10.5 Å². The minimum Gasteiger partial charge on any atom is -0.409 e. The third kappa shape index (κ3) is 2.47. The van der Waals surface area contributed by atoms with Gasteiger partial charge in [0.05, 0.1) is 6.42 Å². The van der Waals surface area contributed by atoms with Crippen LogP contribution in [0.15, 0.2) is 5.16 Å². The molecule has 0 spiro atoms. The van der Waals surface area contributed by atoms with Crippen LogP contribution in [0.4, 0.5) is 0 Å². The van der Waals surface area contributed by atoms with Gasteiger partial charge < -0.3 is 15.8 Å². The summed E-state index contributed by atoms with van der Waals surface area (Å²) in [7, 11) is 0. The first-order valence-corrected chi connectivity index (χ1v) is 4.55. The summed E-state index contributed by atoms with van der Waals surface area (Å²) in [5.74, 6) is -1.89. The lowest BCUT2D eigenvalue weighted by Crippen LogP contribution is -2.58. The minimum absolute atomic E-state index is 0.204. The number of amidine groups is 1. The number of nitrogens with one attached hydrogen (secondary N) is 1. The van der Waals surface area contributed by atoms with Gasteiger partial charge in [-0.2, -0.15) is 0 Å². The second-order valence-corrected chi connectivity index (χ2v) is 3.38. The second kappa shape index (κ2) is 4.60. The molecule has 0 aromatic carbocycles. The van der Waals surface area contributed by atoms with E-state index in [-0.39, 0.29) is 18.8 Å². The smallest absolute Gasteiger partial charge is 0.249 e. The Hall–Kier alpha value is -2.12. The molecule has 8 heteroatoms. The highest BCUT2D eigenvalue weighted by molar-refractivity contribution is 6.07. The minimum atomic E-state index is -0.739. The van der Waals surface area contributed by atoms with E-state index < -0.39 is 23.8 Å². The molecule has 1 heterocycles. The molecular formula is C8H12N4O4. The number of carbonyl (C=O) groups excluding carboxylic acids is 3. The maximum atomic E-state index is 11.6. The predicted octanol–water partition coefficient (Wildman–Crippen LogP) is -2.00. The SMILES string of the molecule is CC1C(=O)NC(=O)CN1C(=O)CC(N)=NO. The molecule has 0 aromatic heterocycles. The fourth-order valence-corrected chi connectivity index (χ4v) is 1.31. The molecule has 0 aromatic rings. The first kappa shape index (κ1) is 12.0. The number of carbonyl (C=O) groups is 3.